The van der Waals surface area contributed by atoms with Crippen LogP contribution in [0, 0.1) is 0 Å². The maximum absolute atomic E-state index is 5.21. The molecular formula is C12H15N3O. The first-order valence-electron chi connectivity index (χ1n) is 5.15. The van der Waals surface area contributed by atoms with Crippen molar-refractivity contribution in [2.45, 2.75) is 6.04 Å². The molecule has 0 bridgehead atoms. The van der Waals surface area contributed by atoms with Crippen molar-refractivity contribution >= 4 is 0 Å². The Morgan fingerprint density at radius 2 is 2.31 bits per heavy atom. The fourth-order valence-corrected chi connectivity index (χ4v) is 1.72. The van der Waals surface area contributed by atoms with Gasteiger partial charge in [-0.1, -0.05) is 12.1 Å². The number of rotatable bonds is 4. The molecule has 4 heteroatoms. The van der Waals surface area contributed by atoms with Gasteiger partial charge in [0.2, 0.25) is 0 Å². The molecule has 0 aliphatic rings. The van der Waals surface area contributed by atoms with Crippen molar-refractivity contribution in [1.29, 1.82) is 0 Å². The molecule has 4 nitrogen and oxygen atoms in total. The van der Waals surface area contributed by atoms with E-state index < -0.39 is 0 Å². The van der Waals surface area contributed by atoms with Crippen LogP contribution >= 0.6 is 0 Å². The van der Waals surface area contributed by atoms with Gasteiger partial charge in [-0.3, -0.25) is 0 Å². The summed E-state index contributed by atoms with van der Waals surface area (Å²) in [6.07, 6.45) is 3.57. The Labute approximate surface area is 94.7 Å². The fourth-order valence-electron chi connectivity index (χ4n) is 1.72. The van der Waals surface area contributed by atoms with Crippen LogP contribution in [0.4, 0.5) is 0 Å². The van der Waals surface area contributed by atoms with Crippen molar-refractivity contribution in [2.75, 3.05) is 14.2 Å². The van der Waals surface area contributed by atoms with Crippen LogP contribution in [0.5, 0.6) is 5.75 Å². The van der Waals surface area contributed by atoms with Crippen molar-refractivity contribution < 1.29 is 4.74 Å². The Hall–Kier alpha value is -1.81. The molecule has 0 spiro atoms. The highest BCUT2D eigenvalue weighted by Crippen LogP contribution is 2.22. The lowest BCUT2D eigenvalue weighted by atomic mass is 10.1. The van der Waals surface area contributed by atoms with Gasteiger partial charge in [-0.15, -0.1) is 0 Å². The second kappa shape index (κ2) is 4.81. The standard InChI is InChI=1S/C12H15N3O/c1-13-11(12-14-6-7-15-12)9-4-3-5-10(8-9)16-2/h3-8,11,13H,1-2H3,(H,14,15). The average molecular weight is 217 g/mol. The predicted molar refractivity (Wildman–Crippen MR) is 62.5 cm³/mol. The van der Waals surface area contributed by atoms with E-state index in [9.17, 15) is 0 Å². The highest BCUT2D eigenvalue weighted by atomic mass is 16.5. The molecule has 2 aromatic rings. The molecule has 0 amide bonds. The molecule has 2 N–H and O–H groups in total. The lowest BCUT2D eigenvalue weighted by molar-refractivity contribution is 0.413. The quantitative estimate of drug-likeness (QED) is 0.820. The molecule has 0 saturated heterocycles. The minimum atomic E-state index is 0.0603. The third-order valence-electron chi connectivity index (χ3n) is 2.51. The smallest absolute Gasteiger partial charge is 0.127 e. The molecule has 1 heterocycles. The van der Waals surface area contributed by atoms with Crippen molar-refractivity contribution in [3.63, 3.8) is 0 Å². The van der Waals surface area contributed by atoms with E-state index in [1.54, 1.807) is 13.3 Å². The molecule has 0 fully saturated rings. The number of imidazole rings is 1. The molecule has 0 aliphatic heterocycles. The summed E-state index contributed by atoms with van der Waals surface area (Å²) in [7, 11) is 3.58. The number of nitrogens with zero attached hydrogens (tertiary/aromatic N) is 1. The molecule has 2 rings (SSSR count). The molecule has 1 aromatic carbocycles. The summed E-state index contributed by atoms with van der Waals surface area (Å²) in [6.45, 7) is 0. The van der Waals surface area contributed by atoms with Gasteiger partial charge in [0.15, 0.2) is 0 Å². The third-order valence-corrected chi connectivity index (χ3v) is 2.51. The summed E-state index contributed by atoms with van der Waals surface area (Å²) >= 11 is 0. The summed E-state index contributed by atoms with van der Waals surface area (Å²) < 4.78 is 5.21. The molecule has 16 heavy (non-hydrogen) atoms. The molecule has 1 unspecified atom stereocenters. The number of H-pyrrole nitrogens is 1. The summed E-state index contributed by atoms with van der Waals surface area (Å²) in [5.74, 6) is 1.75. The van der Waals surface area contributed by atoms with Crippen molar-refractivity contribution in [3.8, 4) is 5.75 Å². The van der Waals surface area contributed by atoms with E-state index >= 15 is 0 Å². The second-order valence-electron chi connectivity index (χ2n) is 3.47. The van der Waals surface area contributed by atoms with Gasteiger partial charge in [0.05, 0.1) is 13.2 Å². The molecular weight excluding hydrogens is 202 g/mol. The number of aromatic amines is 1. The van der Waals surface area contributed by atoms with Gasteiger partial charge in [-0.25, -0.2) is 4.98 Å². The van der Waals surface area contributed by atoms with Crippen LogP contribution in [0.15, 0.2) is 36.7 Å². The Kier molecular flexibility index (Phi) is 3.22. The average Bonchev–Trinajstić information content (AvgIpc) is 2.84. The van der Waals surface area contributed by atoms with Crippen molar-refractivity contribution in [3.05, 3.63) is 48.0 Å². The summed E-state index contributed by atoms with van der Waals surface area (Å²) in [5, 5.41) is 3.22. The van der Waals surface area contributed by atoms with Gasteiger partial charge < -0.3 is 15.0 Å². The zero-order valence-corrected chi connectivity index (χ0v) is 9.40. The SMILES string of the molecule is CNC(c1cccc(OC)c1)c1ncc[nH]1. The summed E-state index contributed by atoms with van der Waals surface area (Å²) in [6, 6.07) is 8.01. The number of hydrogen-bond donors (Lipinski definition) is 2. The van der Waals surface area contributed by atoms with E-state index in [4.69, 9.17) is 4.74 Å². The van der Waals surface area contributed by atoms with Crippen LogP contribution in [-0.2, 0) is 0 Å². The Morgan fingerprint density at radius 1 is 1.44 bits per heavy atom. The minimum Gasteiger partial charge on any atom is -0.497 e. The number of benzene rings is 1. The van der Waals surface area contributed by atoms with Gasteiger partial charge in [0.1, 0.15) is 11.6 Å². The van der Waals surface area contributed by atoms with E-state index in [-0.39, 0.29) is 6.04 Å². The number of ether oxygens (including phenoxy) is 1. The van der Waals surface area contributed by atoms with Gasteiger partial charge in [0, 0.05) is 12.4 Å². The first kappa shape index (κ1) is 10.7. The predicted octanol–water partition coefficient (Wildman–Crippen LogP) is 1.73. The van der Waals surface area contributed by atoms with E-state index in [0.29, 0.717) is 0 Å². The molecule has 0 radical (unpaired) electrons. The van der Waals surface area contributed by atoms with Crippen LogP contribution in [0.1, 0.15) is 17.4 Å². The number of nitrogens with one attached hydrogen (secondary N) is 2. The maximum Gasteiger partial charge on any atom is 0.127 e. The summed E-state index contributed by atoms with van der Waals surface area (Å²) in [5.41, 5.74) is 1.12. The monoisotopic (exact) mass is 217 g/mol. The number of aromatic nitrogens is 2. The largest absolute Gasteiger partial charge is 0.497 e. The summed E-state index contributed by atoms with van der Waals surface area (Å²) in [4.78, 5) is 7.37. The molecule has 1 aromatic heterocycles. The van der Waals surface area contributed by atoms with Crippen molar-refractivity contribution in [1.82, 2.24) is 15.3 Å². The van der Waals surface area contributed by atoms with Crippen LogP contribution in [0.25, 0.3) is 0 Å². The van der Waals surface area contributed by atoms with Crippen LogP contribution < -0.4 is 10.1 Å². The van der Waals surface area contributed by atoms with E-state index in [1.807, 2.05) is 37.5 Å². The molecule has 0 aliphatic carbocycles. The Balaban J connectivity index is 2.33. The normalized spacial score (nSPS) is 12.4. The minimum absolute atomic E-state index is 0.0603. The lowest BCUT2D eigenvalue weighted by Gasteiger charge is -2.14. The fraction of sp³-hybridized carbons (Fsp3) is 0.250. The van der Waals surface area contributed by atoms with E-state index in [1.165, 1.54) is 0 Å². The van der Waals surface area contributed by atoms with E-state index in [2.05, 4.69) is 15.3 Å². The van der Waals surface area contributed by atoms with Crippen LogP contribution in [-0.4, -0.2) is 24.1 Å². The Morgan fingerprint density at radius 3 is 2.94 bits per heavy atom. The van der Waals surface area contributed by atoms with Crippen LogP contribution in [0.2, 0.25) is 0 Å². The zero-order valence-electron chi connectivity index (χ0n) is 9.40. The van der Waals surface area contributed by atoms with Gasteiger partial charge in [-0.05, 0) is 24.7 Å². The second-order valence-corrected chi connectivity index (χ2v) is 3.47. The van der Waals surface area contributed by atoms with Crippen molar-refractivity contribution in [2.24, 2.45) is 0 Å². The molecule has 1 atom stereocenters. The third kappa shape index (κ3) is 2.06. The molecule has 0 saturated carbocycles. The maximum atomic E-state index is 5.21. The lowest BCUT2D eigenvalue weighted by Crippen LogP contribution is -2.18. The highest BCUT2D eigenvalue weighted by molar-refractivity contribution is 5.33. The zero-order chi connectivity index (χ0) is 11.4. The Bertz CT molecular complexity index is 439. The van der Waals surface area contributed by atoms with Gasteiger partial charge in [-0.2, -0.15) is 0 Å². The number of hydrogen-bond acceptors (Lipinski definition) is 3. The van der Waals surface area contributed by atoms with E-state index in [0.717, 1.165) is 17.1 Å². The first-order chi connectivity index (χ1) is 7.85. The van der Waals surface area contributed by atoms with Crippen LogP contribution in [0.3, 0.4) is 0 Å². The highest BCUT2D eigenvalue weighted by Gasteiger charge is 2.14. The van der Waals surface area contributed by atoms with Gasteiger partial charge in [0.25, 0.3) is 0 Å². The topological polar surface area (TPSA) is 49.9 Å². The van der Waals surface area contributed by atoms with Gasteiger partial charge >= 0.3 is 0 Å². The molecule has 84 valence electrons. The first-order valence-corrected chi connectivity index (χ1v) is 5.15. The number of methoxy groups -OCH3 is 1.